The fourth-order valence-electron chi connectivity index (χ4n) is 11.4. The van der Waals surface area contributed by atoms with Gasteiger partial charge in [0.1, 0.15) is 11.2 Å². The summed E-state index contributed by atoms with van der Waals surface area (Å²) in [6.45, 7) is 0. The van der Waals surface area contributed by atoms with Gasteiger partial charge in [-0.15, -0.1) is 0 Å². The molecule has 6 heteroatoms. The Morgan fingerprint density at radius 1 is 0.373 bits per heavy atom. The third-order valence-corrected chi connectivity index (χ3v) is 15.0. The number of fused-ring (bicyclic) bond motifs is 11. The summed E-state index contributed by atoms with van der Waals surface area (Å²) in [5.41, 5.74) is 16.7. The number of para-hydroxylation sites is 2. The first-order valence-corrected chi connectivity index (χ1v) is 25.5. The van der Waals surface area contributed by atoms with Gasteiger partial charge in [0.15, 0.2) is 28.6 Å². The van der Waals surface area contributed by atoms with E-state index in [-0.39, 0.29) is 0 Å². The van der Waals surface area contributed by atoms with E-state index in [4.69, 9.17) is 23.8 Å². The van der Waals surface area contributed by atoms with E-state index >= 15 is 0 Å². The van der Waals surface area contributed by atoms with Crippen molar-refractivity contribution in [2.24, 2.45) is 0 Å². The maximum Gasteiger partial charge on any atom is 0.178 e. The Bertz CT molecular complexity index is 4530. The lowest BCUT2D eigenvalue weighted by Crippen LogP contribution is -2.04. The number of hydrogen-bond donors (Lipinski definition) is 0. The molecule has 4 heterocycles. The SMILES string of the molecule is C1=CCC(c2ccc(-c3cc(-c4nc(-c5ccccc5)nc(-c5ccccc5)n4)cc(-c4ccc(-c5ccccc5)cc4)c3-n3c4ccccc4c4c5oc6c(ccc7c8ccccc8oc76)c5ccc43)cc2)C=C1. The van der Waals surface area contributed by atoms with Gasteiger partial charge in [0.25, 0.3) is 0 Å². The van der Waals surface area contributed by atoms with Crippen molar-refractivity contribution in [1.29, 1.82) is 0 Å². The van der Waals surface area contributed by atoms with Gasteiger partial charge in [-0.3, -0.25) is 0 Å². The normalized spacial score (nSPS) is 13.6. The third kappa shape index (κ3) is 7.13. The maximum atomic E-state index is 7.15. The van der Waals surface area contributed by atoms with E-state index in [9.17, 15) is 0 Å². The van der Waals surface area contributed by atoms with Crippen LogP contribution in [0.5, 0.6) is 0 Å². The van der Waals surface area contributed by atoms with Crippen molar-refractivity contribution in [2.45, 2.75) is 12.3 Å². The molecule has 1 unspecified atom stereocenters. The minimum Gasteiger partial charge on any atom is -0.452 e. The number of hydrogen-bond acceptors (Lipinski definition) is 5. The Kier molecular flexibility index (Phi) is 9.91. The van der Waals surface area contributed by atoms with Gasteiger partial charge in [0.05, 0.1) is 22.1 Å². The van der Waals surface area contributed by atoms with Gasteiger partial charge in [-0.2, -0.15) is 0 Å². The molecule has 0 saturated carbocycles. The molecular formula is C69H44N4O2. The molecule has 352 valence electrons. The molecule has 4 aromatic heterocycles. The number of furan rings is 2. The highest BCUT2D eigenvalue weighted by Gasteiger charge is 2.26. The Balaban J connectivity index is 1.04. The molecule has 15 rings (SSSR count). The highest BCUT2D eigenvalue weighted by Crippen LogP contribution is 2.48. The summed E-state index contributed by atoms with van der Waals surface area (Å²) < 4.78 is 16.2. The van der Waals surface area contributed by atoms with Crippen molar-refractivity contribution in [2.75, 3.05) is 0 Å². The first kappa shape index (κ1) is 42.7. The lowest BCUT2D eigenvalue weighted by Gasteiger charge is -2.22. The molecule has 0 radical (unpaired) electrons. The molecule has 0 bridgehead atoms. The molecule has 0 saturated heterocycles. The fourth-order valence-corrected chi connectivity index (χ4v) is 11.4. The molecule has 0 N–H and O–H groups in total. The van der Waals surface area contributed by atoms with Crippen molar-refractivity contribution in [3.8, 4) is 73.2 Å². The van der Waals surface area contributed by atoms with Crippen LogP contribution in [-0.2, 0) is 0 Å². The lowest BCUT2D eigenvalue weighted by molar-refractivity contribution is 0.635. The van der Waals surface area contributed by atoms with Crippen LogP contribution in [0, 0.1) is 0 Å². The molecule has 0 spiro atoms. The summed E-state index contributed by atoms with van der Waals surface area (Å²) in [6, 6.07) is 79.4. The Labute approximate surface area is 431 Å². The van der Waals surface area contributed by atoms with Crippen LogP contribution in [0.15, 0.2) is 258 Å². The average Bonchev–Trinajstić information content (AvgIpc) is 4.19. The monoisotopic (exact) mass is 960 g/mol. The van der Waals surface area contributed by atoms with Crippen LogP contribution >= 0.6 is 0 Å². The minimum atomic E-state index is 0.302. The summed E-state index contributed by atoms with van der Waals surface area (Å²) >= 11 is 0. The van der Waals surface area contributed by atoms with E-state index in [1.54, 1.807) is 0 Å². The maximum absolute atomic E-state index is 7.15. The second-order valence-electron chi connectivity index (χ2n) is 19.4. The molecule has 1 atom stereocenters. The zero-order chi connectivity index (χ0) is 49.4. The number of benzene rings is 10. The van der Waals surface area contributed by atoms with E-state index in [2.05, 4.69) is 205 Å². The molecule has 10 aromatic carbocycles. The first-order valence-electron chi connectivity index (χ1n) is 25.5. The van der Waals surface area contributed by atoms with Crippen molar-refractivity contribution in [3.05, 3.63) is 254 Å². The smallest absolute Gasteiger partial charge is 0.178 e. The van der Waals surface area contributed by atoms with Gasteiger partial charge in [0.2, 0.25) is 0 Å². The van der Waals surface area contributed by atoms with Crippen LogP contribution < -0.4 is 0 Å². The second-order valence-corrected chi connectivity index (χ2v) is 19.4. The number of rotatable bonds is 8. The van der Waals surface area contributed by atoms with Crippen LogP contribution in [0.4, 0.5) is 0 Å². The van der Waals surface area contributed by atoms with Crippen LogP contribution in [-0.4, -0.2) is 19.5 Å². The Hall–Kier alpha value is -9.91. The minimum absolute atomic E-state index is 0.302. The quantitative estimate of drug-likeness (QED) is 0.152. The molecule has 14 aromatic rings. The van der Waals surface area contributed by atoms with Gasteiger partial charge in [-0.25, -0.2) is 15.0 Å². The number of allylic oxidation sites excluding steroid dienone is 4. The molecule has 0 fully saturated rings. The first-order chi connectivity index (χ1) is 37.2. The zero-order valence-electron chi connectivity index (χ0n) is 40.6. The van der Waals surface area contributed by atoms with Crippen LogP contribution in [0.25, 0.3) is 139 Å². The standard InChI is InChI=1S/C69H44N4O2/c1-5-17-43(18-6-1)45-29-33-47(34-30-45)57-41-51(69-71-67(49-21-9-3-10-22-49)70-68(72-69)50-23-11-4-12-24-50)42-58(48-35-31-46(32-36-48)44-19-7-2-8-20-44)63(57)73-59-27-15-13-26-56(59)62-60(73)40-39-54-55-38-37-53-52-25-14-16-28-61(52)74-65(53)66(55)75-64(54)62/h1-19,21-42,44H,20H2. The van der Waals surface area contributed by atoms with E-state index in [1.165, 1.54) is 5.56 Å². The van der Waals surface area contributed by atoms with Gasteiger partial charge in [-0.1, -0.05) is 200 Å². The summed E-state index contributed by atoms with van der Waals surface area (Å²) in [5.74, 6) is 2.09. The second kappa shape index (κ2) is 17.4. The molecular weight excluding hydrogens is 917 g/mol. The highest BCUT2D eigenvalue weighted by atomic mass is 16.4. The van der Waals surface area contributed by atoms with Gasteiger partial charge in [0, 0.05) is 60.7 Å². The fraction of sp³-hybridized carbons (Fsp3) is 0.0290. The van der Waals surface area contributed by atoms with Crippen molar-refractivity contribution >= 4 is 65.7 Å². The topological polar surface area (TPSA) is 69.9 Å². The van der Waals surface area contributed by atoms with Crippen LogP contribution in [0.2, 0.25) is 0 Å². The van der Waals surface area contributed by atoms with E-state index in [0.717, 1.165) is 128 Å². The van der Waals surface area contributed by atoms with E-state index < -0.39 is 0 Å². The summed E-state index contributed by atoms with van der Waals surface area (Å²) in [7, 11) is 0. The summed E-state index contributed by atoms with van der Waals surface area (Å²) in [4.78, 5) is 15.7. The molecule has 6 nitrogen and oxygen atoms in total. The molecule has 0 amide bonds. The highest BCUT2D eigenvalue weighted by molar-refractivity contribution is 6.27. The Morgan fingerprint density at radius 3 is 1.53 bits per heavy atom. The molecule has 0 aliphatic heterocycles. The molecule has 1 aliphatic carbocycles. The van der Waals surface area contributed by atoms with Crippen LogP contribution in [0.1, 0.15) is 17.9 Å². The Morgan fingerprint density at radius 2 is 0.880 bits per heavy atom. The van der Waals surface area contributed by atoms with Gasteiger partial charge >= 0.3 is 0 Å². The van der Waals surface area contributed by atoms with E-state index in [1.807, 2.05) is 48.5 Å². The average molecular weight is 961 g/mol. The van der Waals surface area contributed by atoms with Gasteiger partial charge in [-0.05, 0) is 82.8 Å². The van der Waals surface area contributed by atoms with Crippen molar-refractivity contribution in [3.63, 3.8) is 0 Å². The van der Waals surface area contributed by atoms with Crippen molar-refractivity contribution < 1.29 is 8.83 Å². The summed E-state index contributed by atoms with van der Waals surface area (Å²) in [6.07, 6.45) is 9.80. The largest absolute Gasteiger partial charge is 0.452 e. The zero-order valence-corrected chi connectivity index (χ0v) is 40.6. The van der Waals surface area contributed by atoms with E-state index in [0.29, 0.717) is 23.4 Å². The molecule has 1 aliphatic rings. The number of aromatic nitrogens is 4. The predicted octanol–water partition coefficient (Wildman–Crippen LogP) is 18.4. The lowest BCUT2D eigenvalue weighted by atomic mass is 9.89. The predicted molar refractivity (Wildman–Crippen MR) is 307 cm³/mol. The van der Waals surface area contributed by atoms with Crippen LogP contribution in [0.3, 0.4) is 0 Å². The van der Waals surface area contributed by atoms with Gasteiger partial charge < -0.3 is 13.4 Å². The van der Waals surface area contributed by atoms with Crippen molar-refractivity contribution in [1.82, 2.24) is 19.5 Å². The third-order valence-electron chi connectivity index (χ3n) is 15.0. The number of nitrogens with zero attached hydrogens (tertiary/aromatic N) is 4. The summed E-state index contributed by atoms with van der Waals surface area (Å²) in [5, 5.41) is 6.29. The molecule has 75 heavy (non-hydrogen) atoms.